The Bertz CT molecular complexity index is 1020. The molecule has 3 rings (SSSR count). The normalized spacial score (nSPS) is 14.8. The fourth-order valence-corrected chi connectivity index (χ4v) is 4.38. The fraction of sp³-hybridized carbons (Fsp3) is 0.391. The molecule has 2 aromatic rings. The lowest BCUT2D eigenvalue weighted by molar-refractivity contribution is -0.121. The van der Waals surface area contributed by atoms with Crippen LogP contribution in [0.25, 0.3) is 11.1 Å². The molecule has 0 bridgehead atoms. The molecule has 0 fully saturated rings. The van der Waals surface area contributed by atoms with Crippen LogP contribution in [0.4, 0.5) is 0 Å². The number of hydrogen-bond donors (Lipinski definition) is 1. The highest BCUT2D eigenvalue weighted by molar-refractivity contribution is 7.98. The number of amides is 1. The van der Waals surface area contributed by atoms with Crippen LogP contribution in [-0.4, -0.2) is 33.5 Å². The zero-order chi connectivity index (χ0) is 21.8. The van der Waals surface area contributed by atoms with Crippen molar-refractivity contribution in [2.75, 3.05) is 27.6 Å². The molecule has 0 spiro atoms. The van der Waals surface area contributed by atoms with Crippen LogP contribution in [-0.2, 0) is 11.2 Å². The van der Waals surface area contributed by atoms with Crippen molar-refractivity contribution in [3.63, 3.8) is 0 Å². The first-order valence-corrected chi connectivity index (χ1v) is 11.0. The van der Waals surface area contributed by atoms with E-state index in [0.29, 0.717) is 41.4 Å². The summed E-state index contributed by atoms with van der Waals surface area (Å²) >= 11 is 1.40. The molecule has 0 saturated heterocycles. The first-order chi connectivity index (χ1) is 14.5. The second-order valence-corrected chi connectivity index (χ2v) is 7.82. The molecular weight excluding hydrogens is 402 g/mol. The molecule has 0 aliphatic heterocycles. The summed E-state index contributed by atoms with van der Waals surface area (Å²) in [5.41, 5.74) is 3.44. The summed E-state index contributed by atoms with van der Waals surface area (Å²) in [6, 6.07) is 7.08. The number of hydrogen-bond acceptors (Lipinski definition) is 6. The number of carbonyl (C=O) groups excluding carboxylic acids is 1. The number of methoxy groups -OCH3 is 3. The largest absolute Gasteiger partial charge is 0.493 e. The highest BCUT2D eigenvalue weighted by atomic mass is 32.2. The lowest BCUT2D eigenvalue weighted by Gasteiger charge is -2.20. The topological polar surface area (TPSA) is 73.9 Å². The van der Waals surface area contributed by atoms with E-state index in [4.69, 9.17) is 14.2 Å². The third kappa shape index (κ3) is 3.99. The predicted octanol–water partition coefficient (Wildman–Crippen LogP) is 3.98. The summed E-state index contributed by atoms with van der Waals surface area (Å²) in [5.74, 6) is 1.59. The van der Waals surface area contributed by atoms with E-state index in [1.807, 2.05) is 31.4 Å². The number of carbonyl (C=O) groups is 1. The Morgan fingerprint density at radius 2 is 1.87 bits per heavy atom. The van der Waals surface area contributed by atoms with Crippen LogP contribution in [0.3, 0.4) is 0 Å². The zero-order valence-corrected chi connectivity index (χ0v) is 18.8. The quantitative estimate of drug-likeness (QED) is 0.701. The maximum Gasteiger partial charge on any atom is 0.220 e. The number of thioether (sulfide) groups is 1. The van der Waals surface area contributed by atoms with E-state index >= 15 is 0 Å². The van der Waals surface area contributed by atoms with Gasteiger partial charge in [0.25, 0.3) is 0 Å². The molecule has 0 aromatic heterocycles. The van der Waals surface area contributed by atoms with Crippen molar-refractivity contribution in [3.05, 3.63) is 45.6 Å². The maximum atomic E-state index is 12.8. The van der Waals surface area contributed by atoms with Gasteiger partial charge in [0.15, 0.2) is 16.9 Å². The molecule has 1 atom stereocenters. The first-order valence-electron chi connectivity index (χ1n) is 9.82. The summed E-state index contributed by atoms with van der Waals surface area (Å²) in [5, 5.41) is 3.08. The Balaban J connectivity index is 2.38. The van der Waals surface area contributed by atoms with E-state index in [-0.39, 0.29) is 17.4 Å². The Morgan fingerprint density at radius 3 is 2.47 bits per heavy atom. The van der Waals surface area contributed by atoms with E-state index in [2.05, 4.69) is 5.32 Å². The predicted molar refractivity (Wildman–Crippen MR) is 119 cm³/mol. The van der Waals surface area contributed by atoms with E-state index in [1.54, 1.807) is 27.4 Å². The molecule has 1 aliphatic carbocycles. The minimum absolute atomic E-state index is 0.0527. The Kier molecular flexibility index (Phi) is 6.92. The van der Waals surface area contributed by atoms with Gasteiger partial charge in [-0.3, -0.25) is 9.59 Å². The van der Waals surface area contributed by atoms with E-state index in [0.717, 1.165) is 22.3 Å². The molecule has 1 amide bonds. The molecule has 7 heteroatoms. The van der Waals surface area contributed by atoms with Crippen LogP contribution in [0, 0.1) is 0 Å². The van der Waals surface area contributed by atoms with Crippen LogP contribution < -0.4 is 25.0 Å². The van der Waals surface area contributed by atoms with Gasteiger partial charge in [-0.25, -0.2) is 0 Å². The van der Waals surface area contributed by atoms with E-state index in [1.165, 1.54) is 11.8 Å². The Labute approximate surface area is 180 Å². The lowest BCUT2D eigenvalue weighted by Crippen LogP contribution is -2.28. The number of rotatable bonds is 6. The highest BCUT2D eigenvalue weighted by Crippen LogP contribution is 2.50. The fourth-order valence-electron chi connectivity index (χ4n) is 3.91. The monoisotopic (exact) mass is 429 g/mol. The summed E-state index contributed by atoms with van der Waals surface area (Å²) in [4.78, 5) is 25.7. The van der Waals surface area contributed by atoms with Crippen molar-refractivity contribution in [1.29, 1.82) is 0 Å². The van der Waals surface area contributed by atoms with Gasteiger partial charge in [0.2, 0.25) is 11.7 Å². The molecule has 1 aliphatic rings. The second kappa shape index (κ2) is 9.43. The average Bonchev–Trinajstić information content (AvgIpc) is 3.00. The second-order valence-electron chi connectivity index (χ2n) is 6.97. The molecule has 1 N–H and O–H groups in total. The minimum atomic E-state index is -0.281. The van der Waals surface area contributed by atoms with Gasteiger partial charge in [0.1, 0.15) is 0 Å². The molecule has 1 unspecified atom stereocenters. The van der Waals surface area contributed by atoms with Crippen LogP contribution in [0.5, 0.6) is 17.2 Å². The van der Waals surface area contributed by atoms with Gasteiger partial charge >= 0.3 is 0 Å². The SMILES string of the molecule is CCC(=O)NC1CCc2cc(OC)c(OC)c(OC)c2-c2ccc(SC)c(=O)cc21. The van der Waals surface area contributed by atoms with Gasteiger partial charge in [-0.05, 0) is 54.0 Å². The molecule has 6 nitrogen and oxygen atoms in total. The van der Waals surface area contributed by atoms with E-state index < -0.39 is 0 Å². The molecule has 30 heavy (non-hydrogen) atoms. The Morgan fingerprint density at radius 1 is 1.13 bits per heavy atom. The van der Waals surface area contributed by atoms with Crippen LogP contribution >= 0.6 is 11.8 Å². The standard InChI is InChI=1S/C23H27NO5S/c1-6-20(26)24-16-9-7-13-11-18(27-2)22(28-3)23(29-4)21(13)14-8-10-19(30-5)17(25)12-15(14)16/h8,10-12,16H,6-7,9H2,1-5H3,(H,24,26). The van der Waals surface area contributed by atoms with Gasteiger partial charge in [-0.15, -0.1) is 11.8 Å². The van der Waals surface area contributed by atoms with Crippen molar-refractivity contribution < 1.29 is 19.0 Å². The molecular formula is C23H27NO5S. The van der Waals surface area contributed by atoms with Gasteiger partial charge in [0.05, 0.1) is 32.3 Å². The van der Waals surface area contributed by atoms with E-state index in [9.17, 15) is 9.59 Å². The summed E-state index contributed by atoms with van der Waals surface area (Å²) < 4.78 is 16.9. The van der Waals surface area contributed by atoms with Crippen molar-refractivity contribution in [2.24, 2.45) is 0 Å². The summed E-state index contributed by atoms with van der Waals surface area (Å²) in [6.07, 6.45) is 3.59. The van der Waals surface area contributed by atoms with Crippen molar-refractivity contribution >= 4 is 17.7 Å². The number of ether oxygens (including phenoxy) is 3. The zero-order valence-electron chi connectivity index (χ0n) is 18.0. The third-order valence-electron chi connectivity index (χ3n) is 5.38. The molecule has 0 heterocycles. The van der Waals surface area contributed by atoms with Crippen molar-refractivity contribution in [1.82, 2.24) is 5.32 Å². The van der Waals surface area contributed by atoms with Crippen molar-refractivity contribution in [3.8, 4) is 28.4 Å². The first kappa shape index (κ1) is 22.0. The van der Waals surface area contributed by atoms with Gasteiger partial charge in [0, 0.05) is 12.0 Å². The van der Waals surface area contributed by atoms with Gasteiger partial charge in [-0.1, -0.05) is 13.0 Å². The van der Waals surface area contributed by atoms with Crippen LogP contribution in [0.1, 0.15) is 36.9 Å². The van der Waals surface area contributed by atoms with Gasteiger partial charge in [-0.2, -0.15) is 0 Å². The number of nitrogens with one attached hydrogen (secondary N) is 1. The Hall–Kier alpha value is -2.67. The lowest BCUT2D eigenvalue weighted by atomic mass is 9.95. The summed E-state index contributed by atoms with van der Waals surface area (Å²) in [7, 11) is 4.75. The highest BCUT2D eigenvalue weighted by Gasteiger charge is 2.29. The number of fused-ring (bicyclic) bond motifs is 3. The number of benzene rings is 1. The van der Waals surface area contributed by atoms with Gasteiger partial charge < -0.3 is 19.5 Å². The molecule has 160 valence electrons. The van der Waals surface area contributed by atoms with Crippen molar-refractivity contribution in [2.45, 2.75) is 37.1 Å². The molecule has 0 saturated carbocycles. The van der Waals surface area contributed by atoms with Crippen LogP contribution in [0.2, 0.25) is 0 Å². The smallest absolute Gasteiger partial charge is 0.220 e. The average molecular weight is 430 g/mol. The number of aryl methyl sites for hydroxylation is 1. The summed E-state index contributed by atoms with van der Waals surface area (Å²) in [6.45, 7) is 1.82. The molecule has 0 radical (unpaired) electrons. The third-order valence-corrected chi connectivity index (χ3v) is 6.15. The minimum Gasteiger partial charge on any atom is -0.493 e. The maximum absolute atomic E-state index is 12.8. The van der Waals surface area contributed by atoms with Crippen LogP contribution in [0.15, 0.2) is 34.0 Å². The molecule has 2 aromatic carbocycles.